The third-order valence-electron chi connectivity index (χ3n) is 2.85. The van der Waals surface area contributed by atoms with Gasteiger partial charge in [-0.25, -0.2) is 9.37 Å². The third kappa shape index (κ3) is 3.46. The number of halogens is 2. The van der Waals surface area contributed by atoms with Gasteiger partial charge in [0.05, 0.1) is 11.9 Å². The Kier molecular flexibility index (Phi) is 4.27. The zero-order valence-corrected chi connectivity index (χ0v) is 12.5. The summed E-state index contributed by atoms with van der Waals surface area (Å²) >= 11 is 7.31. The fourth-order valence-electron chi connectivity index (χ4n) is 1.85. The van der Waals surface area contributed by atoms with Crippen LogP contribution in [0.1, 0.15) is 5.89 Å². The van der Waals surface area contributed by atoms with Gasteiger partial charge in [-0.1, -0.05) is 35.9 Å². The van der Waals surface area contributed by atoms with Crippen LogP contribution in [0.4, 0.5) is 4.39 Å². The number of rotatable bonds is 4. The lowest BCUT2D eigenvalue weighted by molar-refractivity contribution is 0.529. The van der Waals surface area contributed by atoms with Crippen molar-refractivity contribution in [2.45, 2.75) is 10.6 Å². The summed E-state index contributed by atoms with van der Waals surface area (Å²) in [5.41, 5.74) is 0.872. The van der Waals surface area contributed by atoms with Crippen molar-refractivity contribution in [1.82, 2.24) is 4.98 Å². The predicted octanol–water partition coefficient (Wildman–Crippen LogP) is 5.43. The van der Waals surface area contributed by atoms with Crippen molar-refractivity contribution < 1.29 is 8.81 Å². The Morgan fingerprint density at radius 2 is 2.00 bits per heavy atom. The van der Waals surface area contributed by atoms with Crippen LogP contribution in [0.5, 0.6) is 0 Å². The van der Waals surface area contributed by atoms with Crippen molar-refractivity contribution in [3.63, 3.8) is 0 Å². The van der Waals surface area contributed by atoms with E-state index in [1.54, 1.807) is 30.5 Å². The zero-order valence-electron chi connectivity index (χ0n) is 10.9. The van der Waals surface area contributed by atoms with Gasteiger partial charge in [0.25, 0.3) is 0 Å². The summed E-state index contributed by atoms with van der Waals surface area (Å²) in [7, 11) is 0. The summed E-state index contributed by atoms with van der Waals surface area (Å²) in [5, 5.41) is 0.645. The van der Waals surface area contributed by atoms with Crippen LogP contribution in [-0.2, 0) is 5.75 Å². The van der Waals surface area contributed by atoms with E-state index in [-0.39, 0.29) is 5.82 Å². The van der Waals surface area contributed by atoms with Crippen LogP contribution in [0.3, 0.4) is 0 Å². The highest BCUT2D eigenvalue weighted by Gasteiger charge is 2.09. The minimum Gasteiger partial charge on any atom is -0.440 e. The molecule has 0 fully saturated rings. The highest BCUT2D eigenvalue weighted by Crippen LogP contribution is 2.28. The summed E-state index contributed by atoms with van der Waals surface area (Å²) < 4.78 is 19.2. The molecule has 5 heteroatoms. The van der Waals surface area contributed by atoms with Gasteiger partial charge in [0.15, 0.2) is 5.76 Å². The van der Waals surface area contributed by atoms with Crippen LogP contribution < -0.4 is 0 Å². The van der Waals surface area contributed by atoms with E-state index in [0.29, 0.717) is 27.3 Å². The SMILES string of the molecule is Fc1ccccc1SCc1ncc(-c2cccc(Cl)c2)o1. The molecule has 1 aromatic heterocycles. The average molecular weight is 320 g/mol. The van der Waals surface area contributed by atoms with Crippen LogP contribution in [0.15, 0.2) is 64.0 Å². The van der Waals surface area contributed by atoms with Crippen molar-refractivity contribution in [2.24, 2.45) is 0 Å². The lowest BCUT2D eigenvalue weighted by atomic mass is 10.2. The molecule has 21 heavy (non-hydrogen) atoms. The van der Waals surface area contributed by atoms with E-state index in [2.05, 4.69) is 4.98 Å². The van der Waals surface area contributed by atoms with Gasteiger partial charge < -0.3 is 4.42 Å². The molecule has 0 saturated heterocycles. The highest BCUT2D eigenvalue weighted by molar-refractivity contribution is 7.98. The molecule has 0 aliphatic carbocycles. The molecule has 0 N–H and O–H groups in total. The lowest BCUT2D eigenvalue weighted by Crippen LogP contribution is -1.83. The Bertz CT molecular complexity index is 759. The zero-order chi connectivity index (χ0) is 14.7. The first-order chi connectivity index (χ1) is 10.2. The van der Waals surface area contributed by atoms with Crippen LogP contribution in [0, 0.1) is 5.82 Å². The Balaban J connectivity index is 1.72. The van der Waals surface area contributed by atoms with Gasteiger partial charge >= 0.3 is 0 Å². The highest BCUT2D eigenvalue weighted by atomic mass is 35.5. The first-order valence-corrected chi connectivity index (χ1v) is 7.67. The molecule has 0 bridgehead atoms. The van der Waals surface area contributed by atoms with E-state index >= 15 is 0 Å². The summed E-state index contributed by atoms with van der Waals surface area (Å²) in [5.74, 6) is 1.45. The van der Waals surface area contributed by atoms with E-state index in [9.17, 15) is 4.39 Å². The number of aromatic nitrogens is 1. The number of hydrogen-bond donors (Lipinski definition) is 0. The molecule has 3 aromatic rings. The van der Waals surface area contributed by atoms with Crippen molar-refractivity contribution in [2.75, 3.05) is 0 Å². The van der Waals surface area contributed by atoms with Crippen LogP contribution >= 0.6 is 23.4 Å². The van der Waals surface area contributed by atoms with Gasteiger partial charge in [0, 0.05) is 15.5 Å². The van der Waals surface area contributed by atoms with E-state index in [0.717, 1.165) is 5.56 Å². The van der Waals surface area contributed by atoms with Gasteiger partial charge in [0.1, 0.15) is 5.82 Å². The number of benzene rings is 2. The Morgan fingerprint density at radius 3 is 2.81 bits per heavy atom. The number of thioether (sulfide) groups is 1. The third-order valence-corrected chi connectivity index (χ3v) is 4.12. The Labute approximate surface area is 131 Å². The minimum atomic E-state index is -0.232. The van der Waals surface area contributed by atoms with Gasteiger partial charge in [-0.05, 0) is 24.3 Å². The van der Waals surface area contributed by atoms with E-state index in [1.807, 2.05) is 18.2 Å². The maximum atomic E-state index is 13.5. The molecule has 0 spiro atoms. The molecule has 2 aromatic carbocycles. The van der Waals surface area contributed by atoms with E-state index in [1.165, 1.54) is 17.8 Å². The van der Waals surface area contributed by atoms with Crippen LogP contribution in [-0.4, -0.2) is 4.98 Å². The minimum absolute atomic E-state index is 0.232. The number of oxazole rings is 1. The van der Waals surface area contributed by atoms with E-state index in [4.69, 9.17) is 16.0 Å². The molecule has 0 saturated carbocycles. The fraction of sp³-hybridized carbons (Fsp3) is 0.0625. The second-order valence-electron chi connectivity index (χ2n) is 4.35. The Hall–Kier alpha value is -1.78. The smallest absolute Gasteiger partial charge is 0.205 e. The largest absolute Gasteiger partial charge is 0.440 e. The monoisotopic (exact) mass is 319 g/mol. The van der Waals surface area contributed by atoms with Gasteiger partial charge in [-0.3, -0.25) is 0 Å². The van der Waals surface area contributed by atoms with Crippen molar-refractivity contribution >= 4 is 23.4 Å². The molecule has 2 nitrogen and oxygen atoms in total. The molecule has 0 atom stereocenters. The summed E-state index contributed by atoms with van der Waals surface area (Å²) in [6.07, 6.45) is 1.66. The van der Waals surface area contributed by atoms with Gasteiger partial charge in [-0.2, -0.15) is 0 Å². The average Bonchev–Trinajstić information content (AvgIpc) is 2.95. The Morgan fingerprint density at radius 1 is 1.14 bits per heavy atom. The molecule has 106 valence electrons. The van der Waals surface area contributed by atoms with Crippen molar-refractivity contribution in [3.05, 3.63) is 71.5 Å². The molecular weight excluding hydrogens is 309 g/mol. The molecule has 0 radical (unpaired) electrons. The number of nitrogens with zero attached hydrogens (tertiary/aromatic N) is 1. The predicted molar refractivity (Wildman–Crippen MR) is 82.9 cm³/mol. The standard InChI is InChI=1S/C16H11ClFNOS/c17-12-5-3-4-11(8-12)14-9-19-16(20-14)10-21-15-7-2-1-6-13(15)18/h1-9H,10H2. The second-order valence-corrected chi connectivity index (χ2v) is 5.80. The van der Waals surface area contributed by atoms with Crippen molar-refractivity contribution in [1.29, 1.82) is 0 Å². The summed E-state index contributed by atoms with van der Waals surface area (Å²) in [6.45, 7) is 0. The summed E-state index contributed by atoms with van der Waals surface area (Å²) in [4.78, 5) is 4.80. The molecule has 1 heterocycles. The first kappa shape index (κ1) is 14.2. The maximum absolute atomic E-state index is 13.5. The van der Waals surface area contributed by atoms with Gasteiger partial charge in [0.2, 0.25) is 5.89 Å². The molecule has 3 rings (SSSR count). The van der Waals surface area contributed by atoms with Crippen LogP contribution in [0.2, 0.25) is 5.02 Å². The molecule has 0 aliphatic rings. The number of hydrogen-bond acceptors (Lipinski definition) is 3. The first-order valence-electron chi connectivity index (χ1n) is 6.30. The topological polar surface area (TPSA) is 26.0 Å². The summed E-state index contributed by atoms with van der Waals surface area (Å²) in [6, 6.07) is 14.0. The quantitative estimate of drug-likeness (QED) is 0.600. The second kappa shape index (κ2) is 6.33. The van der Waals surface area contributed by atoms with Gasteiger partial charge in [-0.15, -0.1) is 11.8 Å². The van der Waals surface area contributed by atoms with E-state index < -0.39 is 0 Å². The molecule has 0 unspecified atom stereocenters. The van der Waals surface area contributed by atoms with Crippen LogP contribution in [0.25, 0.3) is 11.3 Å². The molecular formula is C16H11ClFNOS. The molecule has 0 amide bonds. The van der Waals surface area contributed by atoms with Crippen molar-refractivity contribution in [3.8, 4) is 11.3 Å². The maximum Gasteiger partial charge on any atom is 0.205 e. The lowest BCUT2D eigenvalue weighted by Gasteiger charge is -2.00. The fourth-order valence-corrected chi connectivity index (χ4v) is 2.84. The molecule has 0 aliphatic heterocycles. The normalized spacial score (nSPS) is 10.8.